The SMILES string of the molecule is CC(C)(C)OC(=O)N1CC(OCCC2CC(CCO[C@H]3C[C@@H](O)C3)C2)C1. The van der Waals surface area contributed by atoms with E-state index >= 15 is 0 Å². The molecule has 0 aromatic carbocycles. The first kappa shape index (κ1) is 19.9. The number of hydrogen-bond acceptors (Lipinski definition) is 5. The van der Waals surface area contributed by atoms with Gasteiger partial charge in [0.15, 0.2) is 0 Å². The molecule has 3 rings (SSSR count). The summed E-state index contributed by atoms with van der Waals surface area (Å²) in [6.45, 7) is 8.58. The highest BCUT2D eigenvalue weighted by molar-refractivity contribution is 5.69. The standard InChI is InChI=1S/C20H35NO5/c1-20(2,3)26-19(23)21-12-18(13-21)25-7-5-15-8-14(9-15)4-6-24-17-10-16(22)11-17/h14-18,22H,4-13H2,1-3H3/t14?,15?,16-,17+. The van der Waals surface area contributed by atoms with E-state index in [0.717, 1.165) is 50.7 Å². The molecule has 0 atom stereocenters. The number of hydrogen-bond donors (Lipinski definition) is 1. The molecule has 2 saturated carbocycles. The third-order valence-corrected chi connectivity index (χ3v) is 5.66. The molecule has 0 spiro atoms. The minimum atomic E-state index is -0.437. The van der Waals surface area contributed by atoms with Gasteiger partial charge in [-0.25, -0.2) is 4.79 Å². The topological polar surface area (TPSA) is 68.2 Å². The second-order valence-electron chi connectivity index (χ2n) is 9.28. The van der Waals surface area contributed by atoms with Crippen LogP contribution in [0.3, 0.4) is 0 Å². The van der Waals surface area contributed by atoms with Gasteiger partial charge >= 0.3 is 6.09 Å². The first-order chi connectivity index (χ1) is 12.3. The van der Waals surface area contributed by atoms with Gasteiger partial charge in [-0.2, -0.15) is 0 Å². The van der Waals surface area contributed by atoms with Crippen LogP contribution in [-0.2, 0) is 14.2 Å². The molecule has 3 aliphatic rings. The van der Waals surface area contributed by atoms with E-state index < -0.39 is 5.60 Å². The van der Waals surface area contributed by atoms with Crippen LogP contribution in [0.25, 0.3) is 0 Å². The van der Waals surface area contributed by atoms with Crippen molar-refractivity contribution in [3.05, 3.63) is 0 Å². The van der Waals surface area contributed by atoms with E-state index in [2.05, 4.69) is 0 Å². The molecule has 6 heteroatoms. The van der Waals surface area contributed by atoms with Gasteiger partial charge in [0.2, 0.25) is 0 Å². The van der Waals surface area contributed by atoms with Crippen LogP contribution in [0.15, 0.2) is 0 Å². The second kappa shape index (κ2) is 8.44. The Bertz CT molecular complexity index is 459. The fourth-order valence-electron chi connectivity index (χ4n) is 3.84. The quantitative estimate of drug-likeness (QED) is 0.712. The van der Waals surface area contributed by atoms with Crippen molar-refractivity contribution in [1.29, 1.82) is 0 Å². The molecular weight excluding hydrogens is 334 g/mol. The second-order valence-corrected chi connectivity index (χ2v) is 9.28. The highest BCUT2D eigenvalue weighted by Crippen LogP contribution is 2.38. The van der Waals surface area contributed by atoms with Crippen LogP contribution >= 0.6 is 0 Å². The van der Waals surface area contributed by atoms with Crippen LogP contribution in [0.2, 0.25) is 0 Å². The van der Waals surface area contributed by atoms with Crippen LogP contribution < -0.4 is 0 Å². The lowest BCUT2D eigenvalue weighted by Gasteiger charge is -2.40. The van der Waals surface area contributed by atoms with Crippen LogP contribution in [0.5, 0.6) is 0 Å². The molecule has 0 aromatic rings. The number of carbonyl (C=O) groups excluding carboxylic acids is 1. The smallest absolute Gasteiger partial charge is 0.410 e. The van der Waals surface area contributed by atoms with Gasteiger partial charge in [-0.15, -0.1) is 0 Å². The molecule has 1 aliphatic heterocycles. The van der Waals surface area contributed by atoms with Crippen LogP contribution in [0, 0.1) is 11.8 Å². The monoisotopic (exact) mass is 369 g/mol. The summed E-state index contributed by atoms with van der Waals surface area (Å²) in [5.74, 6) is 1.59. The Balaban J connectivity index is 1.14. The summed E-state index contributed by atoms with van der Waals surface area (Å²) in [6, 6.07) is 0. The van der Waals surface area contributed by atoms with Crippen molar-refractivity contribution in [3.63, 3.8) is 0 Å². The van der Waals surface area contributed by atoms with Crippen LogP contribution in [-0.4, -0.2) is 66.3 Å². The molecule has 1 amide bonds. The fraction of sp³-hybridized carbons (Fsp3) is 0.950. The van der Waals surface area contributed by atoms with Crippen molar-refractivity contribution in [3.8, 4) is 0 Å². The van der Waals surface area contributed by atoms with Crippen LogP contribution in [0.1, 0.15) is 59.3 Å². The fourth-order valence-corrected chi connectivity index (χ4v) is 3.84. The number of aliphatic hydroxyl groups excluding tert-OH is 1. The highest BCUT2D eigenvalue weighted by Gasteiger charge is 2.35. The molecule has 0 bridgehead atoms. The van der Waals surface area contributed by atoms with Gasteiger partial charge in [0.1, 0.15) is 5.60 Å². The molecule has 0 aromatic heterocycles. The van der Waals surface area contributed by atoms with Crippen molar-refractivity contribution in [2.45, 2.75) is 83.2 Å². The maximum Gasteiger partial charge on any atom is 0.410 e. The Morgan fingerprint density at radius 1 is 0.962 bits per heavy atom. The largest absolute Gasteiger partial charge is 0.444 e. The Morgan fingerprint density at radius 2 is 1.50 bits per heavy atom. The normalized spacial score (nSPS) is 31.8. The average molecular weight is 370 g/mol. The van der Waals surface area contributed by atoms with E-state index in [1.54, 1.807) is 4.90 Å². The van der Waals surface area contributed by atoms with Gasteiger partial charge in [0.05, 0.1) is 31.4 Å². The van der Waals surface area contributed by atoms with Crippen molar-refractivity contribution in [2.75, 3.05) is 26.3 Å². The Labute approximate surface area is 157 Å². The van der Waals surface area contributed by atoms with Gasteiger partial charge in [-0.3, -0.25) is 0 Å². The first-order valence-electron chi connectivity index (χ1n) is 10.2. The highest BCUT2D eigenvalue weighted by atomic mass is 16.6. The minimum absolute atomic E-state index is 0.125. The lowest BCUT2D eigenvalue weighted by Crippen LogP contribution is -2.56. The summed E-state index contributed by atoms with van der Waals surface area (Å²) in [5.41, 5.74) is -0.437. The van der Waals surface area contributed by atoms with E-state index in [1.807, 2.05) is 20.8 Å². The molecule has 3 fully saturated rings. The van der Waals surface area contributed by atoms with Crippen LogP contribution in [0.4, 0.5) is 4.79 Å². The van der Waals surface area contributed by atoms with Gasteiger partial charge < -0.3 is 24.2 Å². The number of nitrogens with zero attached hydrogens (tertiary/aromatic N) is 1. The molecule has 0 radical (unpaired) electrons. The maximum atomic E-state index is 11.9. The summed E-state index contributed by atoms with van der Waals surface area (Å²) in [6.07, 6.45) is 6.59. The predicted octanol–water partition coefficient (Wildman–Crippen LogP) is 2.97. The summed E-state index contributed by atoms with van der Waals surface area (Å²) >= 11 is 0. The summed E-state index contributed by atoms with van der Waals surface area (Å²) in [7, 11) is 0. The Kier molecular flexibility index (Phi) is 6.46. The van der Waals surface area contributed by atoms with E-state index in [-0.39, 0.29) is 18.3 Å². The number of carbonyl (C=O) groups is 1. The Hall–Kier alpha value is -0.850. The summed E-state index contributed by atoms with van der Waals surface area (Å²) in [4.78, 5) is 13.6. The molecule has 150 valence electrons. The maximum absolute atomic E-state index is 11.9. The van der Waals surface area contributed by atoms with Crippen molar-refractivity contribution in [1.82, 2.24) is 4.90 Å². The predicted molar refractivity (Wildman–Crippen MR) is 98.0 cm³/mol. The van der Waals surface area contributed by atoms with Gasteiger partial charge in [-0.05, 0) is 71.1 Å². The van der Waals surface area contributed by atoms with E-state index in [1.165, 1.54) is 12.8 Å². The third kappa shape index (κ3) is 5.83. The molecule has 26 heavy (non-hydrogen) atoms. The zero-order chi connectivity index (χ0) is 18.7. The van der Waals surface area contributed by atoms with E-state index in [4.69, 9.17) is 14.2 Å². The van der Waals surface area contributed by atoms with Crippen molar-refractivity contribution < 1.29 is 24.1 Å². The van der Waals surface area contributed by atoms with Gasteiger partial charge in [-0.1, -0.05) is 0 Å². The number of aliphatic hydroxyl groups is 1. The van der Waals surface area contributed by atoms with Crippen molar-refractivity contribution >= 4 is 6.09 Å². The molecule has 1 saturated heterocycles. The number of amides is 1. The zero-order valence-electron chi connectivity index (χ0n) is 16.5. The van der Waals surface area contributed by atoms with Gasteiger partial charge in [0, 0.05) is 13.2 Å². The lowest BCUT2D eigenvalue weighted by atomic mass is 9.72. The molecule has 6 nitrogen and oxygen atoms in total. The lowest BCUT2D eigenvalue weighted by molar-refractivity contribution is -0.0791. The van der Waals surface area contributed by atoms with Gasteiger partial charge in [0.25, 0.3) is 0 Å². The molecule has 2 aliphatic carbocycles. The number of likely N-dealkylation sites (tertiary alicyclic amines) is 1. The molecule has 1 N–H and O–H groups in total. The Morgan fingerprint density at radius 3 is 2.00 bits per heavy atom. The number of ether oxygens (including phenoxy) is 3. The van der Waals surface area contributed by atoms with E-state index in [9.17, 15) is 9.90 Å². The average Bonchev–Trinajstić information content (AvgIpc) is 2.41. The molecule has 0 unspecified atom stereocenters. The van der Waals surface area contributed by atoms with E-state index in [0.29, 0.717) is 19.2 Å². The molecular formula is C20H35NO5. The van der Waals surface area contributed by atoms with Crippen molar-refractivity contribution in [2.24, 2.45) is 11.8 Å². The zero-order valence-corrected chi connectivity index (χ0v) is 16.5. The number of rotatable bonds is 8. The third-order valence-electron chi connectivity index (χ3n) is 5.66. The minimum Gasteiger partial charge on any atom is -0.444 e. The molecule has 1 heterocycles. The summed E-state index contributed by atoms with van der Waals surface area (Å²) < 4.78 is 17.0. The first-order valence-corrected chi connectivity index (χ1v) is 10.2. The summed E-state index contributed by atoms with van der Waals surface area (Å²) in [5, 5.41) is 9.23.